The van der Waals surface area contributed by atoms with E-state index in [1.165, 1.54) is 0 Å². The number of aldehydes is 1. The predicted molar refractivity (Wildman–Crippen MR) is 61.9 cm³/mol. The molecule has 0 saturated carbocycles. The van der Waals surface area contributed by atoms with E-state index in [0.29, 0.717) is 6.42 Å². The summed E-state index contributed by atoms with van der Waals surface area (Å²) in [7, 11) is 0. The van der Waals surface area contributed by atoms with Crippen molar-refractivity contribution in [3.8, 4) is 11.3 Å². The molecule has 0 unspecified atom stereocenters. The van der Waals surface area contributed by atoms with E-state index in [0.717, 1.165) is 29.5 Å². The quantitative estimate of drug-likeness (QED) is 0.730. The Labute approximate surface area is 94.2 Å². The lowest BCUT2D eigenvalue weighted by molar-refractivity contribution is -0.107. The Bertz CT molecular complexity index is 468. The first-order chi connectivity index (χ1) is 7.90. The maximum Gasteiger partial charge on any atom is 0.120 e. The summed E-state index contributed by atoms with van der Waals surface area (Å²) >= 11 is 0. The highest BCUT2D eigenvalue weighted by Crippen LogP contribution is 2.16. The van der Waals surface area contributed by atoms with Crippen LogP contribution >= 0.6 is 0 Å². The van der Waals surface area contributed by atoms with Gasteiger partial charge in [0.15, 0.2) is 0 Å². The molecule has 3 nitrogen and oxygen atoms in total. The first-order valence-electron chi connectivity index (χ1n) is 5.21. The van der Waals surface area contributed by atoms with Crippen LogP contribution in [-0.2, 0) is 11.2 Å². The second kappa shape index (κ2) is 5.16. The highest BCUT2D eigenvalue weighted by atomic mass is 16.1. The number of hydrogen-bond donors (Lipinski definition) is 0. The zero-order chi connectivity index (χ0) is 11.2. The molecule has 80 valence electrons. The zero-order valence-electron chi connectivity index (χ0n) is 8.84. The normalized spacial score (nSPS) is 10.0. The van der Waals surface area contributed by atoms with Gasteiger partial charge in [-0.25, -0.2) is 0 Å². The first-order valence-corrected chi connectivity index (χ1v) is 5.21. The topological polar surface area (TPSA) is 42.9 Å². The molecule has 0 aliphatic carbocycles. The Morgan fingerprint density at radius 2 is 2.00 bits per heavy atom. The van der Waals surface area contributed by atoms with Crippen LogP contribution in [0.2, 0.25) is 0 Å². The van der Waals surface area contributed by atoms with E-state index in [9.17, 15) is 4.79 Å². The third-order valence-electron chi connectivity index (χ3n) is 2.33. The second-order valence-corrected chi connectivity index (χ2v) is 3.52. The molecule has 1 aromatic carbocycles. The van der Waals surface area contributed by atoms with Crippen molar-refractivity contribution in [2.75, 3.05) is 0 Å². The summed E-state index contributed by atoms with van der Waals surface area (Å²) in [6, 6.07) is 11.9. The molecule has 1 aromatic heterocycles. The standard InChI is InChI=1S/C13H12N2O/c16-8-4-5-11-9-13(15-14-10-11)12-6-2-1-3-7-12/h1-3,6-10H,4-5H2. The Kier molecular flexibility index (Phi) is 3.38. The van der Waals surface area contributed by atoms with Gasteiger partial charge in [0.1, 0.15) is 6.29 Å². The number of hydrogen-bond acceptors (Lipinski definition) is 3. The number of carbonyl (C=O) groups is 1. The molecule has 1 heterocycles. The molecule has 0 atom stereocenters. The van der Waals surface area contributed by atoms with Gasteiger partial charge in [-0.1, -0.05) is 30.3 Å². The van der Waals surface area contributed by atoms with Crippen molar-refractivity contribution < 1.29 is 4.79 Å². The van der Waals surface area contributed by atoms with Crippen LogP contribution in [-0.4, -0.2) is 16.5 Å². The molecule has 0 N–H and O–H groups in total. The fourth-order valence-electron chi connectivity index (χ4n) is 1.52. The Morgan fingerprint density at radius 3 is 2.75 bits per heavy atom. The van der Waals surface area contributed by atoms with E-state index >= 15 is 0 Å². The Morgan fingerprint density at radius 1 is 1.19 bits per heavy atom. The monoisotopic (exact) mass is 212 g/mol. The molecule has 0 aliphatic heterocycles. The van der Waals surface area contributed by atoms with Gasteiger partial charge in [-0.15, -0.1) is 0 Å². The second-order valence-electron chi connectivity index (χ2n) is 3.52. The van der Waals surface area contributed by atoms with E-state index in [4.69, 9.17) is 0 Å². The molecular formula is C13H12N2O. The van der Waals surface area contributed by atoms with Gasteiger partial charge < -0.3 is 4.79 Å². The predicted octanol–water partition coefficient (Wildman–Crippen LogP) is 2.28. The highest BCUT2D eigenvalue weighted by molar-refractivity contribution is 5.59. The van der Waals surface area contributed by atoms with Crippen LogP contribution in [0, 0.1) is 0 Å². The fraction of sp³-hybridized carbons (Fsp3) is 0.154. The van der Waals surface area contributed by atoms with E-state index in [-0.39, 0.29) is 0 Å². The van der Waals surface area contributed by atoms with Crippen molar-refractivity contribution >= 4 is 6.29 Å². The Hall–Kier alpha value is -2.03. The number of nitrogens with zero attached hydrogens (tertiary/aromatic N) is 2. The number of aryl methyl sites for hydroxylation is 1. The zero-order valence-corrected chi connectivity index (χ0v) is 8.84. The van der Waals surface area contributed by atoms with Crippen LogP contribution in [0.25, 0.3) is 11.3 Å². The lowest BCUT2D eigenvalue weighted by atomic mass is 10.1. The minimum absolute atomic E-state index is 0.528. The lowest BCUT2D eigenvalue weighted by Crippen LogP contribution is -1.93. The summed E-state index contributed by atoms with van der Waals surface area (Å²) in [6.45, 7) is 0. The molecule has 2 rings (SSSR count). The number of rotatable bonds is 4. The summed E-state index contributed by atoms with van der Waals surface area (Å²) in [5, 5.41) is 8.03. The average molecular weight is 212 g/mol. The van der Waals surface area contributed by atoms with E-state index in [2.05, 4.69) is 10.2 Å². The number of aromatic nitrogens is 2. The highest BCUT2D eigenvalue weighted by Gasteiger charge is 2.00. The molecule has 0 saturated heterocycles. The molecule has 0 radical (unpaired) electrons. The average Bonchev–Trinajstić information content (AvgIpc) is 2.38. The number of benzene rings is 1. The van der Waals surface area contributed by atoms with Crippen LogP contribution in [0.15, 0.2) is 42.6 Å². The molecule has 16 heavy (non-hydrogen) atoms. The molecule has 2 aromatic rings. The number of carbonyl (C=O) groups excluding carboxylic acids is 1. The molecule has 0 aliphatic rings. The Balaban J connectivity index is 2.25. The molecule has 3 heteroatoms. The van der Waals surface area contributed by atoms with Gasteiger partial charge in [0.05, 0.1) is 11.9 Å². The third kappa shape index (κ3) is 2.51. The van der Waals surface area contributed by atoms with Crippen LogP contribution in [0.5, 0.6) is 0 Å². The van der Waals surface area contributed by atoms with E-state index < -0.39 is 0 Å². The van der Waals surface area contributed by atoms with Crippen molar-refractivity contribution in [1.29, 1.82) is 0 Å². The van der Waals surface area contributed by atoms with Gasteiger partial charge in [-0.2, -0.15) is 10.2 Å². The van der Waals surface area contributed by atoms with Crippen LogP contribution < -0.4 is 0 Å². The SMILES string of the molecule is O=CCCc1cnnc(-c2ccccc2)c1. The maximum absolute atomic E-state index is 10.3. The van der Waals surface area contributed by atoms with Crippen molar-refractivity contribution in [3.63, 3.8) is 0 Å². The first kappa shape index (κ1) is 10.5. The van der Waals surface area contributed by atoms with Gasteiger partial charge >= 0.3 is 0 Å². The van der Waals surface area contributed by atoms with Gasteiger partial charge in [-0.3, -0.25) is 0 Å². The molecule has 0 fully saturated rings. The van der Waals surface area contributed by atoms with Gasteiger partial charge in [0.2, 0.25) is 0 Å². The lowest BCUT2D eigenvalue weighted by Gasteiger charge is -2.01. The van der Waals surface area contributed by atoms with Crippen molar-refractivity contribution in [2.24, 2.45) is 0 Å². The fourth-order valence-corrected chi connectivity index (χ4v) is 1.52. The summed E-state index contributed by atoms with van der Waals surface area (Å²) in [5.74, 6) is 0. The van der Waals surface area contributed by atoms with Crippen molar-refractivity contribution in [1.82, 2.24) is 10.2 Å². The van der Waals surface area contributed by atoms with Gasteiger partial charge in [-0.05, 0) is 18.1 Å². The smallest absolute Gasteiger partial charge is 0.120 e. The summed E-state index contributed by atoms with van der Waals surface area (Å²) in [4.78, 5) is 10.3. The summed E-state index contributed by atoms with van der Waals surface area (Å²) < 4.78 is 0. The van der Waals surface area contributed by atoms with E-state index in [1.807, 2.05) is 36.4 Å². The van der Waals surface area contributed by atoms with E-state index in [1.54, 1.807) is 6.20 Å². The molecule has 0 amide bonds. The largest absolute Gasteiger partial charge is 0.303 e. The maximum atomic E-state index is 10.3. The van der Waals surface area contributed by atoms with Crippen LogP contribution in [0.4, 0.5) is 0 Å². The van der Waals surface area contributed by atoms with Gasteiger partial charge in [0.25, 0.3) is 0 Å². The van der Waals surface area contributed by atoms with Crippen LogP contribution in [0.3, 0.4) is 0 Å². The van der Waals surface area contributed by atoms with Crippen LogP contribution in [0.1, 0.15) is 12.0 Å². The minimum Gasteiger partial charge on any atom is -0.303 e. The van der Waals surface area contributed by atoms with Crippen molar-refractivity contribution in [2.45, 2.75) is 12.8 Å². The minimum atomic E-state index is 0.528. The van der Waals surface area contributed by atoms with Gasteiger partial charge in [0, 0.05) is 12.0 Å². The third-order valence-corrected chi connectivity index (χ3v) is 2.33. The molecule has 0 bridgehead atoms. The molecule has 0 spiro atoms. The summed E-state index contributed by atoms with van der Waals surface area (Å²) in [5.41, 5.74) is 2.94. The van der Waals surface area contributed by atoms with Crippen molar-refractivity contribution in [3.05, 3.63) is 48.2 Å². The molecular weight excluding hydrogens is 200 g/mol. The summed E-state index contributed by atoms with van der Waals surface area (Å²) in [6.07, 6.45) is 3.87.